The number of hydrogen-bond acceptors (Lipinski definition) is 5. The van der Waals surface area contributed by atoms with Gasteiger partial charge >= 0.3 is 0 Å². The van der Waals surface area contributed by atoms with Gasteiger partial charge in [-0.15, -0.1) is 0 Å². The molecule has 6 nitrogen and oxygen atoms in total. The van der Waals surface area contributed by atoms with Gasteiger partial charge in [-0.2, -0.15) is 5.10 Å². The number of benzene rings is 3. The van der Waals surface area contributed by atoms with Crippen molar-refractivity contribution in [2.75, 3.05) is 14.2 Å². The van der Waals surface area contributed by atoms with Crippen molar-refractivity contribution in [2.24, 2.45) is 5.10 Å². The van der Waals surface area contributed by atoms with Crippen molar-refractivity contribution >= 4 is 12.1 Å². The van der Waals surface area contributed by atoms with Crippen molar-refractivity contribution in [1.29, 1.82) is 0 Å². The van der Waals surface area contributed by atoms with Crippen LogP contribution in [0.4, 0.5) is 0 Å². The number of carbonyl (C=O) groups is 1. The zero-order valence-corrected chi connectivity index (χ0v) is 17.2. The Morgan fingerprint density at radius 2 is 1.57 bits per heavy atom. The first-order chi connectivity index (χ1) is 14.6. The first-order valence-corrected chi connectivity index (χ1v) is 9.48. The summed E-state index contributed by atoms with van der Waals surface area (Å²) in [5, 5.41) is 4.00. The molecule has 0 radical (unpaired) electrons. The van der Waals surface area contributed by atoms with E-state index in [1.807, 2.05) is 54.6 Å². The molecule has 0 saturated carbocycles. The summed E-state index contributed by atoms with van der Waals surface area (Å²) < 4.78 is 16.2. The zero-order valence-electron chi connectivity index (χ0n) is 17.2. The molecule has 0 heterocycles. The van der Waals surface area contributed by atoms with E-state index in [4.69, 9.17) is 14.2 Å². The summed E-state index contributed by atoms with van der Waals surface area (Å²) in [6, 6.07) is 23.0. The van der Waals surface area contributed by atoms with Gasteiger partial charge in [0.2, 0.25) is 0 Å². The summed E-state index contributed by atoms with van der Waals surface area (Å²) in [7, 11) is 3.14. The highest BCUT2D eigenvalue weighted by Gasteiger charge is 2.14. The van der Waals surface area contributed by atoms with Gasteiger partial charge in [0.1, 0.15) is 17.2 Å². The molecule has 154 valence electrons. The third-order valence-corrected chi connectivity index (χ3v) is 4.46. The molecule has 1 N–H and O–H groups in total. The minimum atomic E-state index is -0.706. The number of nitrogens with zero attached hydrogens (tertiary/aromatic N) is 1. The second-order valence-electron chi connectivity index (χ2n) is 6.49. The Morgan fingerprint density at radius 1 is 0.900 bits per heavy atom. The predicted molar refractivity (Wildman–Crippen MR) is 117 cm³/mol. The fourth-order valence-corrected chi connectivity index (χ4v) is 2.80. The van der Waals surface area contributed by atoms with Crippen molar-refractivity contribution < 1.29 is 19.0 Å². The smallest absolute Gasteiger partial charge is 0.280 e. The van der Waals surface area contributed by atoms with Crippen molar-refractivity contribution in [3.8, 4) is 28.4 Å². The van der Waals surface area contributed by atoms with Crippen LogP contribution in [0.3, 0.4) is 0 Å². The van der Waals surface area contributed by atoms with E-state index in [1.165, 1.54) is 6.21 Å². The molecule has 3 rings (SSSR count). The maximum absolute atomic E-state index is 12.3. The lowest BCUT2D eigenvalue weighted by Gasteiger charge is -2.13. The van der Waals surface area contributed by atoms with Crippen LogP contribution >= 0.6 is 0 Å². The number of amides is 1. The van der Waals surface area contributed by atoms with Gasteiger partial charge in [-0.3, -0.25) is 4.79 Å². The molecule has 1 unspecified atom stereocenters. The van der Waals surface area contributed by atoms with E-state index in [-0.39, 0.29) is 5.91 Å². The Balaban J connectivity index is 1.56. The van der Waals surface area contributed by atoms with E-state index >= 15 is 0 Å². The molecular weight excluding hydrogens is 380 g/mol. The summed E-state index contributed by atoms with van der Waals surface area (Å²) >= 11 is 0. The van der Waals surface area contributed by atoms with Gasteiger partial charge in [0.05, 0.1) is 20.4 Å². The molecule has 1 amide bonds. The number of carbonyl (C=O) groups excluding carboxylic acids is 1. The van der Waals surface area contributed by atoms with E-state index in [1.54, 1.807) is 39.3 Å². The highest BCUT2D eigenvalue weighted by molar-refractivity contribution is 5.86. The van der Waals surface area contributed by atoms with Crippen LogP contribution in [0.25, 0.3) is 11.1 Å². The molecule has 0 aliphatic rings. The van der Waals surface area contributed by atoms with Crippen molar-refractivity contribution in [3.05, 3.63) is 78.4 Å². The van der Waals surface area contributed by atoms with Gasteiger partial charge in [-0.25, -0.2) is 5.43 Å². The SMILES string of the molecule is COc1ccc(/C=N/NC(=O)C(C)Oc2ccc(-c3ccccc3)cc2)c(OC)c1. The zero-order chi connectivity index (χ0) is 21.3. The second-order valence-corrected chi connectivity index (χ2v) is 6.49. The lowest BCUT2D eigenvalue weighted by Crippen LogP contribution is -2.33. The highest BCUT2D eigenvalue weighted by atomic mass is 16.5. The molecule has 0 fully saturated rings. The molecule has 3 aromatic carbocycles. The minimum Gasteiger partial charge on any atom is -0.497 e. The van der Waals surface area contributed by atoms with Crippen molar-refractivity contribution in [3.63, 3.8) is 0 Å². The Hall–Kier alpha value is -3.80. The average Bonchev–Trinajstić information content (AvgIpc) is 2.80. The lowest BCUT2D eigenvalue weighted by atomic mass is 10.1. The molecule has 0 bridgehead atoms. The number of nitrogens with one attached hydrogen (secondary N) is 1. The van der Waals surface area contributed by atoms with Gasteiger partial charge in [-0.1, -0.05) is 42.5 Å². The van der Waals surface area contributed by atoms with Gasteiger partial charge in [0.25, 0.3) is 5.91 Å². The van der Waals surface area contributed by atoms with Crippen LogP contribution in [0.5, 0.6) is 17.2 Å². The first kappa shape index (κ1) is 20.9. The molecule has 6 heteroatoms. The summed E-state index contributed by atoms with van der Waals surface area (Å²) in [6.45, 7) is 1.67. The van der Waals surface area contributed by atoms with Crippen molar-refractivity contribution in [1.82, 2.24) is 5.43 Å². The van der Waals surface area contributed by atoms with E-state index in [0.717, 1.165) is 11.1 Å². The molecule has 0 saturated heterocycles. The molecule has 0 aromatic heterocycles. The Kier molecular flexibility index (Phi) is 7.05. The molecule has 0 spiro atoms. The third kappa shape index (κ3) is 5.38. The third-order valence-electron chi connectivity index (χ3n) is 4.46. The number of hydrazone groups is 1. The maximum atomic E-state index is 12.3. The fraction of sp³-hybridized carbons (Fsp3) is 0.167. The van der Waals surface area contributed by atoms with Crippen LogP contribution < -0.4 is 19.6 Å². The second kappa shape index (κ2) is 10.1. The summed E-state index contributed by atoms with van der Waals surface area (Å²) in [6.07, 6.45) is 0.805. The van der Waals surface area contributed by atoms with Crippen LogP contribution in [-0.2, 0) is 4.79 Å². The van der Waals surface area contributed by atoms with E-state index in [0.29, 0.717) is 22.8 Å². The topological polar surface area (TPSA) is 69.2 Å². The van der Waals surface area contributed by atoms with E-state index < -0.39 is 6.10 Å². The fourth-order valence-electron chi connectivity index (χ4n) is 2.80. The largest absolute Gasteiger partial charge is 0.497 e. The molecule has 0 aliphatic carbocycles. The van der Waals surface area contributed by atoms with Gasteiger partial charge in [0, 0.05) is 11.6 Å². The van der Waals surface area contributed by atoms with Crippen LogP contribution in [-0.4, -0.2) is 32.4 Å². The van der Waals surface area contributed by atoms with Crippen molar-refractivity contribution in [2.45, 2.75) is 13.0 Å². The number of methoxy groups -OCH3 is 2. The molecule has 30 heavy (non-hydrogen) atoms. The van der Waals surface area contributed by atoms with Gasteiger partial charge in [-0.05, 0) is 42.3 Å². The summed E-state index contributed by atoms with van der Waals surface area (Å²) in [4.78, 5) is 12.3. The maximum Gasteiger partial charge on any atom is 0.280 e. The predicted octanol–water partition coefficient (Wildman–Crippen LogP) is 4.29. The van der Waals surface area contributed by atoms with Crippen LogP contribution in [0.1, 0.15) is 12.5 Å². The number of ether oxygens (including phenoxy) is 3. The summed E-state index contributed by atoms with van der Waals surface area (Å²) in [5.74, 6) is 1.52. The summed E-state index contributed by atoms with van der Waals surface area (Å²) in [5.41, 5.74) is 5.40. The van der Waals surface area contributed by atoms with Crippen LogP contribution in [0, 0.1) is 0 Å². The number of hydrogen-bond donors (Lipinski definition) is 1. The minimum absolute atomic E-state index is 0.356. The number of rotatable bonds is 8. The normalized spacial score (nSPS) is 11.7. The molecular formula is C24H24N2O4. The Morgan fingerprint density at radius 3 is 2.23 bits per heavy atom. The van der Waals surface area contributed by atoms with Gasteiger partial charge < -0.3 is 14.2 Å². The van der Waals surface area contributed by atoms with E-state index in [9.17, 15) is 4.79 Å². The first-order valence-electron chi connectivity index (χ1n) is 9.48. The standard InChI is InChI=1S/C24H24N2O4/c1-17(30-21-12-9-19(10-13-21)18-7-5-4-6-8-18)24(27)26-25-16-20-11-14-22(28-2)15-23(20)29-3/h4-17H,1-3H3,(H,26,27)/b25-16+. The Bertz CT molecular complexity index is 1000. The molecule has 1 atom stereocenters. The highest BCUT2D eigenvalue weighted by Crippen LogP contribution is 2.24. The lowest BCUT2D eigenvalue weighted by molar-refractivity contribution is -0.127. The monoisotopic (exact) mass is 404 g/mol. The molecule has 3 aromatic rings. The van der Waals surface area contributed by atoms with Gasteiger partial charge in [0.15, 0.2) is 6.10 Å². The van der Waals surface area contributed by atoms with E-state index in [2.05, 4.69) is 10.5 Å². The van der Waals surface area contributed by atoms with Crippen LogP contribution in [0.15, 0.2) is 77.9 Å². The Labute approximate surface area is 176 Å². The quantitative estimate of drug-likeness (QED) is 0.449. The van der Waals surface area contributed by atoms with Crippen LogP contribution in [0.2, 0.25) is 0 Å². The molecule has 0 aliphatic heterocycles. The average molecular weight is 404 g/mol.